The molecule has 0 spiro atoms. The van der Waals surface area contributed by atoms with Crippen molar-refractivity contribution in [1.82, 2.24) is 0 Å². The minimum atomic E-state index is 0.499. The van der Waals surface area contributed by atoms with E-state index in [0.717, 1.165) is 18.6 Å². The van der Waals surface area contributed by atoms with Crippen molar-refractivity contribution in [2.75, 3.05) is 52.7 Å². The fourth-order valence-corrected chi connectivity index (χ4v) is 2.71. The van der Waals surface area contributed by atoms with Crippen LogP contribution in [0, 0.1) is 7.14 Å². The zero-order valence-electron chi connectivity index (χ0n) is 12.4. The van der Waals surface area contributed by atoms with Crippen LogP contribution in [-0.4, -0.2) is 52.7 Å². The molecular formula is C14H22I2N2O4. The fourth-order valence-electron chi connectivity index (χ4n) is 1.52. The van der Waals surface area contributed by atoms with E-state index in [9.17, 15) is 0 Å². The first-order valence-corrected chi connectivity index (χ1v) is 9.15. The number of hydrogen-bond acceptors (Lipinski definition) is 6. The number of ether oxygens (including phenoxy) is 4. The van der Waals surface area contributed by atoms with Gasteiger partial charge in [0.25, 0.3) is 0 Å². The summed E-state index contributed by atoms with van der Waals surface area (Å²) < 4.78 is 24.0. The van der Waals surface area contributed by atoms with Crippen LogP contribution in [0.2, 0.25) is 0 Å². The second-order valence-electron chi connectivity index (χ2n) is 4.21. The molecule has 22 heavy (non-hydrogen) atoms. The summed E-state index contributed by atoms with van der Waals surface area (Å²) in [5.41, 5.74) is 10.7. The number of hydrogen-bond donors (Lipinski definition) is 2. The van der Waals surface area contributed by atoms with Gasteiger partial charge in [-0.15, -0.1) is 0 Å². The molecule has 0 atom stereocenters. The second-order valence-corrected chi connectivity index (χ2v) is 6.54. The summed E-state index contributed by atoms with van der Waals surface area (Å²) in [5, 5.41) is 0. The third-order valence-electron chi connectivity index (χ3n) is 2.48. The van der Waals surface area contributed by atoms with Gasteiger partial charge in [-0.3, -0.25) is 0 Å². The summed E-state index contributed by atoms with van der Waals surface area (Å²) in [6.45, 7) is 4.21. The molecule has 0 bridgehead atoms. The molecule has 4 N–H and O–H groups in total. The molecule has 0 aliphatic rings. The topological polar surface area (TPSA) is 89.0 Å². The zero-order valence-corrected chi connectivity index (χ0v) is 16.7. The monoisotopic (exact) mass is 536 g/mol. The van der Waals surface area contributed by atoms with Crippen LogP contribution in [0.25, 0.3) is 0 Å². The van der Waals surface area contributed by atoms with Crippen molar-refractivity contribution in [2.24, 2.45) is 11.5 Å². The molecule has 1 aromatic carbocycles. The summed E-state index contributed by atoms with van der Waals surface area (Å²) in [7, 11) is 0. The van der Waals surface area contributed by atoms with Crippen LogP contribution >= 0.6 is 45.2 Å². The molecule has 0 aliphatic heterocycles. The van der Waals surface area contributed by atoms with E-state index in [1.165, 1.54) is 0 Å². The van der Waals surface area contributed by atoms with Crippen LogP contribution in [0.1, 0.15) is 0 Å². The Bertz CT molecular complexity index is 396. The molecule has 6 nitrogen and oxygen atoms in total. The third kappa shape index (κ3) is 8.11. The lowest BCUT2D eigenvalue weighted by Gasteiger charge is -2.13. The second kappa shape index (κ2) is 12.5. The van der Waals surface area contributed by atoms with Gasteiger partial charge in [-0.1, -0.05) is 0 Å². The van der Waals surface area contributed by atoms with E-state index < -0.39 is 0 Å². The zero-order chi connectivity index (χ0) is 16.2. The maximum absolute atomic E-state index is 5.70. The number of benzene rings is 1. The first kappa shape index (κ1) is 20.2. The van der Waals surface area contributed by atoms with Gasteiger partial charge in [0.15, 0.2) is 0 Å². The highest BCUT2D eigenvalue weighted by molar-refractivity contribution is 14.1. The largest absolute Gasteiger partial charge is 0.490 e. The van der Waals surface area contributed by atoms with Crippen LogP contribution < -0.4 is 20.9 Å². The first-order chi connectivity index (χ1) is 10.7. The molecule has 0 saturated heterocycles. The molecule has 8 heteroatoms. The Morgan fingerprint density at radius 3 is 1.45 bits per heavy atom. The lowest BCUT2D eigenvalue weighted by atomic mass is 10.3. The summed E-state index contributed by atoms with van der Waals surface area (Å²) in [4.78, 5) is 0. The van der Waals surface area contributed by atoms with Gasteiger partial charge in [-0.2, -0.15) is 0 Å². The molecule has 1 aromatic rings. The van der Waals surface area contributed by atoms with Gasteiger partial charge < -0.3 is 30.4 Å². The van der Waals surface area contributed by atoms with E-state index in [1.807, 2.05) is 12.1 Å². The molecule has 0 saturated carbocycles. The third-order valence-corrected chi connectivity index (χ3v) is 4.17. The summed E-state index contributed by atoms with van der Waals surface area (Å²) in [5.74, 6) is 1.65. The van der Waals surface area contributed by atoms with Crippen molar-refractivity contribution >= 4 is 45.2 Å². The van der Waals surface area contributed by atoms with Crippen molar-refractivity contribution < 1.29 is 18.9 Å². The van der Waals surface area contributed by atoms with Gasteiger partial charge in [0, 0.05) is 13.1 Å². The minimum Gasteiger partial charge on any atom is -0.490 e. The van der Waals surface area contributed by atoms with E-state index in [4.69, 9.17) is 30.4 Å². The van der Waals surface area contributed by atoms with Crippen LogP contribution in [0.3, 0.4) is 0 Å². The van der Waals surface area contributed by atoms with Gasteiger partial charge >= 0.3 is 0 Å². The van der Waals surface area contributed by atoms with Crippen LogP contribution in [-0.2, 0) is 9.47 Å². The normalized spacial score (nSPS) is 10.7. The minimum absolute atomic E-state index is 0.499. The maximum atomic E-state index is 5.70. The molecule has 126 valence electrons. The summed E-state index contributed by atoms with van der Waals surface area (Å²) in [6.07, 6.45) is 0. The molecule has 0 aromatic heterocycles. The number of nitrogens with two attached hydrogens (primary N) is 2. The lowest BCUT2D eigenvalue weighted by Crippen LogP contribution is -2.14. The molecule has 0 amide bonds. The molecule has 0 unspecified atom stereocenters. The smallest absolute Gasteiger partial charge is 0.134 e. The van der Waals surface area contributed by atoms with Crippen LogP contribution in [0.5, 0.6) is 11.5 Å². The van der Waals surface area contributed by atoms with Gasteiger partial charge in [-0.05, 0) is 57.3 Å². The fraction of sp³-hybridized carbons (Fsp3) is 0.571. The molecule has 0 heterocycles. The lowest BCUT2D eigenvalue weighted by molar-refractivity contribution is 0.104. The van der Waals surface area contributed by atoms with Gasteiger partial charge in [0.2, 0.25) is 0 Å². The highest BCUT2D eigenvalue weighted by atomic mass is 127. The maximum Gasteiger partial charge on any atom is 0.134 e. The molecular weight excluding hydrogens is 514 g/mol. The van der Waals surface area contributed by atoms with Gasteiger partial charge in [0.05, 0.1) is 33.6 Å². The SMILES string of the molecule is NCCOCCOc1cc(I)c(OCCOCCN)cc1I. The van der Waals surface area contributed by atoms with E-state index >= 15 is 0 Å². The highest BCUT2D eigenvalue weighted by Gasteiger charge is 2.09. The highest BCUT2D eigenvalue weighted by Crippen LogP contribution is 2.31. The number of halogens is 2. The predicted octanol–water partition coefficient (Wildman–Crippen LogP) is 1.60. The molecule has 0 aliphatic carbocycles. The summed E-state index contributed by atoms with van der Waals surface area (Å²) in [6, 6.07) is 3.92. The Morgan fingerprint density at radius 2 is 1.09 bits per heavy atom. The molecule has 0 radical (unpaired) electrons. The van der Waals surface area contributed by atoms with Crippen LogP contribution in [0.15, 0.2) is 12.1 Å². The quantitative estimate of drug-likeness (QED) is 0.312. The van der Waals surface area contributed by atoms with Crippen molar-refractivity contribution in [2.45, 2.75) is 0 Å². The number of rotatable bonds is 12. The Morgan fingerprint density at radius 1 is 0.682 bits per heavy atom. The Kier molecular flexibility index (Phi) is 11.5. The first-order valence-electron chi connectivity index (χ1n) is 6.99. The van der Waals surface area contributed by atoms with E-state index in [1.54, 1.807) is 0 Å². The summed E-state index contributed by atoms with van der Waals surface area (Å²) >= 11 is 4.46. The van der Waals surface area contributed by atoms with Crippen molar-refractivity contribution in [3.05, 3.63) is 19.3 Å². The van der Waals surface area contributed by atoms with E-state index in [0.29, 0.717) is 52.7 Å². The Hall–Kier alpha value is 0.120. The van der Waals surface area contributed by atoms with E-state index in [-0.39, 0.29) is 0 Å². The standard InChI is InChI=1S/C14H22I2N2O4/c15-11-10-14(22-8-6-20-4-2-18)12(16)9-13(11)21-7-5-19-3-1-17/h9-10H,1-8,17-18H2. The Balaban J connectivity index is 2.42. The predicted molar refractivity (Wildman–Crippen MR) is 103 cm³/mol. The van der Waals surface area contributed by atoms with E-state index in [2.05, 4.69) is 45.2 Å². The van der Waals surface area contributed by atoms with Crippen molar-refractivity contribution in [3.8, 4) is 11.5 Å². The van der Waals surface area contributed by atoms with Crippen molar-refractivity contribution in [1.29, 1.82) is 0 Å². The van der Waals surface area contributed by atoms with Gasteiger partial charge in [0.1, 0.15) is 24.7 Å². The van der Waals surface area contributed by atoms with Crippen molar-refractivity contribution in [3.63, 3.8) is 0 Å². The van der Waals surface area contributed by atoms with Gasteiger partial charge in [-0.25, -0.2) is 0 Å². The molecule has 1 rings (SSSR count). The van der Waals surface area contributed by atoms with Crippen LogP contribution in [0.4, 0.5) is 0 Å². The Labute approximate surface area is 158 Å². The molecule has 0 fully saturated rings. The average molecular weight is 536 g/mol. The average Bonchev–Trinajstić information content (AvgIpc) is 2.51.